The fraction of sp³-hybridized carbons (Fsp3) is 0. The summed E-state index contributed by atoms with van der Waals surface area (Å²) in [7, 11) is -0.553. The van der Waals surface area contributed by atoms with Crippen molar-refractivity contribution in [2.75, 3.05) is 5.32 Å². The highest BCUT2D eigenvalue weighted by Gasteiger charge is 2.17. The minimum absolute atomic E-state index is 0.553. The number of anilines is 2. The third kappa shape index (κ3) is 1.27. The molecule has 2 aromatic carbocycles. The van der Waals surface area contributed by atoms with Crippen molar-refractivity contribution in [1.82, 2.24) is 0 Å². The molecule has 2 aromatic rings. The van der Waals surface area contributed by atoms with Crippen LogP contribution in [0.5, 0.6) is 0 Å². The zero-order valence-electron chi connectivity index (χ0n) is 8.03. The second-order valence-electron chi connectivity index (χ2n) is 3.42. The van der Waals surface area contributed by atoms with Gasteiger partial charge in [0.1, 0.15) is 0 Å². The standard InChI is InChI=1S/C12H10N2S/c13-15-11-7-3-1-5-9(11)14-10-6-2-4-8-12(10)15/h1-8,13-14H. The minimum Gasteiger partial charge on any atom is -0.354 e. The first-order valence-electron chi connectivity index (χ1n) is 4.77. The monoisotopic (exact) mass is 214 g/mol. The Morgan fingerprint density at radius 3 is 1.80 bits per heavy atom. The lowest BCUT2D eigenvalue weighted by Gasteiger charge is -2.22. The summed E-state index contributed by atoms with van der Waals surface area (Å²) in [5, 5.41) is 3.36. The summed E-state index contributed by atoms with van der Waals surface area (Å²) in [5.41, 5.74) is 2.13. The lowest BCUT2D eigenvalue weighted by atomic mass is 10.2. The normalized spacial score (nSPS) is 13.9. The first kappa shape index (κ1) is 8.68. The Morgan fingerprint density at radius 2 is 1.27 bits per heavy atom. The molecular formula is C12H10N2S. The van der Waals surface area contributed by atoms with Crippen LogP contribution in [0.25, 0.3) is 0 Å². The molecule has 2 nitrogen and oxygen atoms in total. The first-order chi connectivity index (χ1) is 7.36. The summed E-state index contributed by atoms with van der Waals surface area (Å²) in [4.78, 5) is 2.16. The minimum atomic E-state index is -0.553. The van der Waals surface area contributed by atoms with Crippen molar-refractivity contribution in [2.24, 2.45) is 0 Å². The molecule has 2 N–H and O–H groups in total. The predicted molar refractivity (Wildman–Crippen MR) is 62.8 cm³/mol. The van der Waals surface area contributed by atoms with E-state index >= 15 is 0 Å². The Hall–Kier alpha value is -1.61. The fourth-order valence-electron chi connectivity index (χ4n) is 1.76. The van der Waals surface area contributed by atoms with E-state index in [0.29, 0.717) is 0 Å². The molecule has 0 radical (unpaired) electrons. The summed E-state index contributed by atoms with van der Waals surface area (Å²) in [6, 6.07) is 16.1. The average Bonchev–Trinajstić information content (AvgIpc) is 2.30. The maximum Gasteiger partial charge on any atom is 0.0535 e. The van der Waals surface area contributed by atoms with Gasteiger partial charge in [-0.1, -0.05) is 24.3 Å². The van der Waals surface area contributed by atoms with E-state index in [9.17, 15) is 0 Å². The van der Waals surface area contributed by atoms with Crippen LogP contribution in [0.15, 0.2) is 58.3 Å². The molecule has 0 saturated carbocycles. The van der Waals surface area contributed by atoms with E-state index in [1.165, 1.54) is 0 Å². The van der Waals surface area contributed by atoms with Crippen molar-refractivity contribution in [3.05, 3.63) is 48.5 Å². The van der Waals surface area contributed by atoms with Gasteiger partial charge in [0.25, 0.3) is 0 Å². The molecule has 0 aromatic heterocycles. The van der Waals surface area contributed by atoms with Crippen molar-refractivity contribution in [2.45, 2.75) is 9.79 Å². The zero-order valence-corrected chi connectivity index (χ0v) is 8.84. The lowest BCUT2D eigenvalue weighted by molar-refractivity contribution is 1.28. The van der Waals surface area contributed by atoms with Gasteiger partial charge < -0.3 is 5.32 Å². The van der Waals surface area contributed by atoms with E-state index in [1.54, 1.807) is 0 Å². The van der Waals surface area contributed by atoms with Crippen LogP contribution in [0.1, 0.15) is 0 Å². The summed E-state index contributed by atoms with van der Waals surface area (Å²) in [6.07, 6.45) is 0. The topological polar surface area (TPSA) is 35.9 Å². The van der Waals surface area contributed by atoms with E-state index in [1.807, 2.05) is 48.5 Å². The molecule has 1 aliphatic rings. The van der Waals surface area contributed by atoms with Crippen molar-refractivity contribution in [1.29, 1.82) is 4.78 Å². The van der Waals surface area contributed by atoms with Gasteiger partial charge >= 0.3 is 0 Å². The highest BCUT2D eigenvalue weighted by Crippen LogP contribution is 2.36. The molecule has 0 aliphatic carbocycles. The summed E-state index contributed by atoms with van der Waals surface area (Å²) < 4.78 is 8.22. The van der Waals surface area contributed by atoms with Crippen LogP contribution >= 0.6 is 0 Å². The van der Waals surface area contributed by atoms with E-state index in [4.69, 9.17) is 4.78 Å². The lowest BCUT2D eigenvalue weighted by Crippen LogP contribution is -2.06. The van der Waals surface area contributed by atoms with Gasteiger partial charge in [0.05, 0.1) is 11.4 Å². The molecule has 0 saturated heterocycles. The highest BCUT2D eigenvalue weighted by molar-refractivity contribution is 7.86. The third-order valence-electron chi connectivity index (χ3n) is 2.48. The zero-order chi connectivity index (χ0) is 10.3. The van der Waals surface area contributed by atoms with Crippen molar-refractivity contribution < 1.29 is 0 Å². The molecule has 1 heterocycles. The number of benzene rings is 2. The largest absolute Gasteiger partial charge is 0.354 e. The van der Waals surface area contributed by atoms with Gasteiger partial charge in [-0.25, -0.2) is 0 Å². The van der Waals surface area contributed by atoms with Gasteiger partial charge in [-0.3, -0.25) is 4.78 Å². The van der Waals surface area contributed by atoms with Crippen LogP contribution in [0.3, 0.4) is 0 Å². The number of rotatable bonds is 0. The van der Waals surface area contributed by atoms with E-state index in [-0.39, 0.29) is 0 Å². The Kier molecular flexibility index (Phi) is 1.86. The molecule has 0 unspecified atom stereocenters. The summed E-state index contributed by atoms with van der Waals surface area (Å²) >= 11 is 0. The van der Waals surface area contributed by atoms with Crippen molar-refractivity contribution in [3.63, 3.8) is 0 Å². The second kappa shape index (κ2) is 3.21. The highest BCUT2D eigenvalue weighted by atomic mass is 32.2. The maximum absolute atomic E-state index is 8.22. The molecule has 1 aliphatic heterocycles. The smallest absolute Gasteiger partial charge is 0.0535 e. The van der Waals surface area contributed by atoms with Crippen LogP contribution in [0.4, 0.5) is 11.4 Å². The molecule has 0 amide bonds. The van der Waals surface area contributed by atoms with Crippen molar-refractivity contribution >= 4 is 22.1 Å². The van der Waals surface area contributed by atoms with Gasteiger partial charge in [-0.05, 0) is 35.0 Å². The van der Waals surface area contributed by atoms with Gasteiger partial charge in [0.15, 0.2) is 0 Å². The molecule has 3 rings (SSSR count). The summed E-state index contributed by atoms with van der Waals surface area (Å²) in [6.45, 7) is 0. The van der Waals surface area contributed by atoms with E-state index in [0.717, 1.165) is 21.2 Å². The van der Waals surface area contributed by atoms with Gasteiger partial charge in [0.2, 0.25) is 0 Å². The average molecular weight is 214 g/mol. The van der Waals surface area contributed by atoms with Crippen molar-refractivity contribution in [3.8, 4) is 0 Å². The first-order valence-corrected chi connectivity index (χ1v) is 5.99. The SMILES string of the molecule is N=S1c2ccccc2Nc2ccccc21. The number of nitrogens with one attached hydrogen (secondary N) is 2. The molecule has 74 valence electrons. The number of para-hydroxylation sites is 2. The van der Waals surface area contributed by atoms with Crippen LogP contribution in [0.2, 0.25) is 0 Å². The van der Waals surface area contributed by atoms with Crippen LogP contribution in [-0.4, -0.2) is 0 Å². The molecule has 0 spiro atoms. The molecule has 0 bridgehead atoms. The van der Waals surface area contributed by atoms with E-state index in [2.05, 4.69) is 5.32 Å². The molecular weight excluding hydrogens is 204 g/mol. The predicted octanol–water partition coefficient (Wildman–Crippen LogP) is 3.54. The van der Waals surface area contributed by atoms with Gasteiger partial charge in [-0.15, -0.1) is 0 Å². The quantitative estimate of drug-likeness (QED) is 0.590. The second-order valence-corrected chi connectivity index (χ2v) is 4.92. The molecule has 0 fully saturated rings. The van der Waals surface area contributed by atoms with Crippen LogP contribution in [-0.2, 0) is 10.7 Å². The Morgan fingerprint density at radius 1 is 0.800 bits per heavy atom. The molecule has 0 atom stereocenters. The Bertz CT molecular complexity index is 501. The van der Waals surface area contributed by atoms with Crippen LogP contribution in [0, 0.1) is 4.78 Å². The molecule has 15 heavy (non-hydrogen) atoms. The third-order valence-corrected chi connectivity index (χ3v) is 4.07. The van der Waals surface area contributed by atoms with E-state index < -0.39 is 10.7 Å². The van der Waals surface area contributed by atoms with Gasteiger partial charge in [-0.2, -0.15) is 0 Å². The molecule has 3 heteroatoms. The van der Waals surface area contributed by atoms with Gasteiger partial charge in [0, 0.05) is 9.79 Å². The Balaban J connectivity index is 2.24. The fourth-order valence-corrected chi connectivity index (χ4v) is 3.10. The summed E-state index contributed by atoms with van der Waals surface area (Å²) in [5.74, 6) is 0. The number of hydrogen-bond acceptors (Lipinski definition) is 2. The number of fused-ring (bicyclic) bond motifs is 2. The maximum atomic E-state index is 8.22. The van der Waals surface area contributed by atoms with Crippen LogP contribution < -0.4 is 5.32 Å². The Labute approximate surface area is 90.8 Å². The number of hydrogen-bond donors (Lipinski definition) is 2.